The van der Waals surface area contributed by atoms with Gasteiger partial charge in [0.25, 0.3) is 11.7 Å². The van der Waals surface area contributed by atoms with Crippen LogP contribution in [0.4, 0.5) is 0 Å². The van der Waals surface area contributed by atoms with E-state index in [1.165, 1.54) is 12.1 Å². The van der Waals surface area contributed by atoms with Crippen molar-refractivity contribution in [3.63, 3.8) is 0 Å². The number of benzene rings is 1. The minimum atomic E-state index is -1.51. The Morgan fingerprint density at radius 3 is 2.56 bits per heavy atom. The van der Waals surface area contributed by atoms with E-state index in [2.05, 4.69) is 0 Å². The Balaban J connectivity index is 2.39. The molecule has 1 N–H and O–H groups in total. The smallest absolute Gasteiger partial charge is 0.377 e. The van der Waals surface area contributed by atoms with E-state index in [0.29, 0.717) is 12.1 Å². The molecule has 0 fully saturated rings. The van der Waals surface area contributed by atoms with Crippen molar-refractivity contribution in [2.24, 2.45) is 0 Å². The minimum absolute atomic E-state index is 0.0419. The number of carboxylic acids is 1. The van der Waals surface area contributed by atoms with Crippen LogP contribution in [0, 0.1) is 0 Å². The highest BCUT2D eigenvalue weighted by atomic mass is 16.4. The van der Waals surface area contributed by atoms with Gasteiger partial charge >= 0.3 is 5.97 Å². The van der Waals surface area contributed by atoms with Crippen LogP contribution in [-0.4, -0.2) is 33.7 Å². The van der Waals surface area contributed by atoms with E-state index < -0.39 is 11.8 Å². The van der Waals surface area contributed by atoms with Crippen molar-refractivity contribution in [2.75, 3.05) is 0 Å². The summed E-state index contributed by atoms with van der Waals surface area (Å²) in [5.74, 6) is -2.66. The van der Waals surface area contributed by atoms with Gasteiger partial charge in [0.05, 0.1) is 0 Å². The normalized spacial score (nSPS) is 13.9. The largest absolute Gasteiger partial charge is 0.475 e. The van der Waals surface area contributed by atoms with E-state index in [1.807, 2.05) is 13.8 Å². The Morgan fingerprint density at radius 2 is 2.00 bits per heavy atom. The van der Waals surface area contributed by atoms with Crippen molar-refractivity contribution >= 4 is 17.7 Å². The molecule has 0 spiro atoms. The molecule has 0 unspecified atom stereocenters. The molecule has 0 aromatic heterocycles. The molecule has 1 aliphatic rings. The number of rotatable bonds is 3. The highest BCUT2D eigenvalue weighted by Crippen LogP contribution is 2.25. The first-order valence-corrected chi connectivity index (χ1v) is 5.63. The number of carboxylic acid groups (broad SMARTS) is 1. The second kappa shape index (κ2) is 4.25. The van der Waals surface area contributed by atoms with Crippen LogP contribution in [0.5, 0.6) is 0 Å². The van der Waals surface area contributed by atoms with Crippen molar-refractivity contribution in [1.82, 2.24) is 4.90 Å². The van der Waals surface area contributed by atoms with Crippen LogP contribution in [0.1, 0.15) is 40.1 Å². The lowest BCUT2D eigenvalue weighted by Crippen LogP contribution is -2.30. The average molecular weight is 247 g/mol. The van der Waals surface area contributed by atoms with Crippen LogP contribution >= 0.6 is 0 Å². The van der Waals surface area contributed by atoms with Gasteiger partial charge in [-0.15, -0.1) is 0 Å². The van der Waals surface area contributed by atoms with E-state index in [0.717, 1.165) is 5.56 Å². The predicted molar refractivity (Wildman–Crippen MR) is 63.4 cm³/mol. The highest BCUT2D eigenvalue weighted by molar-refractivity contribution is 6.40. The lowest BCUT2D eigenvalue weighted by atomic mass is 10.0. The van der Waals surface area contributed by atoms with Crippen LogP contribution in [0.2, 0.25) is 0 Å². The second-order valence-electron chi connectivity index (χ2n) is 4.53. The Labute approximate surface area is 104 Å². The van der Waals surface area contributed by atoms with E-state index >= 15 is 0 Å². The molecule has 5 heteroatoms. The van der Waals surface area contributed by atoms with E-state index in [-0.39, 0.29) is 17.5 Å². The molecule has 1 aromatic carbocycles. The molecule has 0 radical (unpaired) electrons. The molecule has 1 heterocycles. The molecule has 1 amide bonds. The molecule has 94 valence electrons. The summed E-state index contributed by atoms with van der Waals surface area (Å²) in [4.78, 5) is 35.7. The molecule has 1 aliphatic heterocycles. The Morgan fingerprint density at radius 1 is 1.33 bits per heavy atom. The van der Waals surface area contributed by atoms with Gasteiger partial charge in [-0.25, -0.2) is 4.79 Å². The monoisotopic (exact) mass is 247 g/mol. The maximum absolute atomic E-state index is 12.1. The van der Waals surface area contributed by atoms with Gasteiger partial charge in [-0.2, -0.15) is 0 Å². The zero-order valence-corrected chi connectivity index (χ0v) is 10.1. The number of carbonyl (C=O) groups is 3. The zero-order chi connectivity index (χ0) is 13.4. The van der Waals surface area contributed by atoms with E-state index in [9.17, 15) is 14.4 Å². The number of aliphatic carboxylic acids is 1. The summed E-state index contributed by atoms with van der Waals surface area (Å²) in [5.41, 5.74) is 1.30. The van der Waals surface area contributed by atoms with Gasteiger partial charge in [0.15, 0.2) is 0 Å². The van der Waals surface area contributed by atoms with Crippen molar-refractivity contribution in [3.8, 4) is 0 Å². The van der Waals surface area contributed by atoms with Gasteiger partial charge < -0.3 is 10.0 Å². The molecular formula is C13H13NO4. The Hall–Kier alpha value is -2.17. The Kier molecular flexibility index (Phi) is 2.90. The summed E-state index contributed by atoms with van der Waals surface area (Å²) in [6, 6.07) is 4.54. The molecule has 1 aromatic rings. The number of hydrogen-bond donors (Lipinski definition) is 1. The fraction of sp³-hybridized carbons (Fsp3) is 0.308. The fourth-order valence-electron chi connectivity index (χ4n) is 2.01. The number of hydrogen-bond acceptors (Lipinski definition) is 3. The van der Waals surface area contributed by atoms with Gasteiger partial charge in [-0.3, -0.25) is 9.59 Å². The fourth-order valence-corrected chi connectivity index (χ4v) is 2.01. The van der Waals surface area contributed by atoms with E-state index in [1.54, 1.807) is 11.0 Å². The summed E-state index contributed by atoms with van der Waals surface area (Å²) in [6.07, 6.45) is 0. The number of nitrogens with zero attached hydrogens (tertiary/aromatic N) is 1. The zero-order valence-electron chi connectivity index (χ0n) is 10.1. The van der Waals surface area contributed by atoms with Gasteiger partial charge in [0, 0.05) is 23.7 Å². The van der Waals surface area contributed by atoms with Crippen LogP contribution in [0.3, 0.4) is 0 Å². The van der Waals surface area contributed by atoms with Crippen LogP contribution in [0.25, 0.3) is 0 Å². The average Bonchev–Trinajstić information content (AvgIpc) is 2.65. The highest BCUT2D eigenvalue weighted by Gasteiger charge is 2.30. The topological polar surface area (TPSA) is 74.7 Å². The molecule has 0 saturated heterocycles. The number of carbonyl (C=O) groups excluding carboxylic acids is 2. The molecule has 0 aliphatic carbocycles. The molecule has 2 rings (SSSR count). The summed E-state index contributed by atoms with van der Waals surface area (Å²) in [7, 11) is 0. The van der Waals surface area contributed by atoms with Crippen LogP contribution in [0.15, 0.2) is 18.2 Å². The van der Waals surface area contributed by atoms with Crippen molar-refractivity contribution in [1.29, 1.82) is 0 Å². The lowest BCUT2D eigenvalue weighted by Gasteiger charge is -2.19. The summed E-state index contributed by atoms with van der Waals surface area (Å²) >= 11 is 0. The number of Topliss-reactive ketones (excluding diaryl/α,β-unsaturated/α-hetero) is 1. The third-order valence-electron chi connectivity index (χ3n) is 3.02. The quantitative estimate of drug-likeness (QED) is 0.645. The molecule has 0 atom stereocenters. The van der Waals surface area contributed by atoms with Gasteiger partial charge in [0.1, 0.15) is 0 Å². The first-order valence-electron chi connectivity index (χ1n) is 5.63. The van der Waals surface area contributed by atoms with Gasteiger partial charge in [-0.05, 0) is 25.5 Å². The lowest BCUT2D eigenvalue weighted by molar-refractivity contribution is -0.131. The van der Waals surface area contributed by atoms with Crippen molar-refractivity contribution in [3.05, 3.63) is 34.9 Å². The van der Waals surface area contributed by atoms with Crippen molar-refractivity contribution in [2.45, 2.75) is 26.4 Å². The number of amides is 1. The van der Waals surface area contributed by atoms with Gasteiger partial charge in [-0.1, -0.05) is 12.1 Å². The van der Waals surface area contributed by atoms with Gasteiger partial charge in [0.2, 0.25) is 0 Å². The molecule has 5 nitrogen and oxygen atoms in total. The third-order valence-corrected chi connectivity index (χ3v) is 3.02. The molecular weight excluding hydrogens is 234 g/mol. The van der Waals surface area contributed by atoms with Crippen molar-refractivity contribution < 1.29 is 19.5 Å². The Bertz CT molecular complexity index is 548. The maximum Gasteiger partial charge on any atom is 0.377 e. The van der Waals surface area contributed by atoms with E-state index in [4.69, 9.17) is 5.11 Å². The number of ketones is 1. The molecule has 0 bridgehead atoms. The standard InChI is InChI=1S/C13H13NO4/c1-7(2)14-6-9-4-3-8(11(15)13(17)18)5-10(9)12(14)16/h3-5,7H,6H2,1-2H3,(H,17,18). The SMILES string of the molecule is CC(C)N1Cc2ccc(C(=O)C(=O)O)cc2C1=O. The third kappa shape index (κ3) is 1.88. The first-order chi connectivity index (χ1) is 8.41. The summed E-state index contributed by atoms with van der Waals surface area (Å²) < 4.78 is 0. The van der Waals surface area contributed by atoms with Crippen LogP contribution in [-0.2, 0) is 11.3 Å². The second-order valence-corrected chi connectivity index (χ2v) is 4.53. The van der Waals surface area contributed by atoms with Crippen LogP contribution < -0.4 is 0 Å². The minimum Gasteiger partial charge on any atom is -0.475 e. The molecule has 18 heavy (non-hydrogen) atoms. The summed E-state index contributed by atoms with van der Waals surface area (Å²) in [6.45, 7) is 4.33. The summed E-state index contributed by atoms with van der Waals surface area (Å²) in [5, 5.41) is 8.65. The maximum atomic E-state index is 12.1. The number of fused-ring (bicyclic) bond motifs is 1. The molecule has 0 saturated carbocycles. The first kappa shape index (κ1) is 12.3. The predicted octanol–water partition coefficient (Wildman–Crippen LogP) is 1.32.